The van der Waals surface area contributed by atoms with Gasteiger partial charge in [-0.05, 0) is 111 Å². The Morgan fingerprint density at radius 2 is 0.425 bits per heavy atom. The second-order valence-electron chi connectivity index (χ2n) is 24.5. The lowest BCUT2D eigenvalue weighted by Crippen LogP contribution is -2.52. The van der Waals surface area contributed by atoms with Crippen molar-refractivity contribution in [3.05, 3.63) is 174 Å². The zero-order chi connectivity index (χ0) is 124. The summed E-state index contributed by atoms with van der Waals surface area (Å²) in [6, 6.07) is -31.5. The highest BCUT2D eigenvalue weighted by molar-refractivity contribution is 6.12. The van der Waals surface area contributed by atoms with Gasteiger partial charge < -0.3 is 63.8 Å². The minimum Gasteiger partial charge on any atom is -0.398 e. The van der Waals surface area contributed by atoms with Gasteiger partial charge in [0.1, 0.15) is 71.0 Å². The summed E-state index contributed by atoms with van der Waals surface area (Å²) < 4.78 is 417. The molecule has 12 aliphatic rings. The number of nitrogens with one attached hydrogen (secondary N) is 6. The van der Waals surface area contributed by atoms with E-state index >= 15 is 0 Å². The molecule has 42 heteroatoms. The van der Waals surface area contributed by atoms with Gasteiger partial charge in [-0.15, -0.1) is 0 Å². The van der Waals surface area contributed by atoms with Crippen LogP contribution in [0.4, 0.5) is 60.5 Å². The Morgan fingerprint density at radius 3 is 0.600 bits per heavy atom. The lowest BCUT2D eigenvalue weighted by Gasteiger charge is -2.29. The molecule has 12 aliphatic heterocycles. The predicted molar refractivity (Wildman–Crippen MR) is 401 cm³/mol. The van der Waals surface area contributed by atoms with Crippen LogP contribution in [0.5, 0.6) is 0 Å². The van der Waals surface area contributed by atoms with Crippen molar-refractivity contribution < 1.29 is 170 Å². The van der Waals surface area contributed by atoms with E-state index in [9.17, 15) is 113 Å². The molecule has 36 nitrogen and oxygen atoms in total. The van der Waals surface area contributed by atoms with Gasteiger partial charge in [-0.3, -0.25) is 118 Å². The van der Waals surface area contributed by atoms with E-state index in [0.29, 0.717) is 0 Å². The largest absolute Gasteiger partial charge is 0.398 e. The van der Waals surface area contributed by atoms with Crippen LogP contribution in [0.2, 0.25) is 0 Å². The number of hydrogen-bond acceptors (Lipinski definition) is 24. The monoisotopic (exact) mass is 1700 g/mol. The predicted octanol–water partition coefficient (Wildman–Crippen LogP) is 1.01. The number of imide groups is 6. The maximum atomic E-state index is 14.1. The molecule has 120 heavy (non-hydrogen) atoms. The van der Waals surface area contributed by atoms with E-state index < -0.39 is 447 Å². The Balaban J connectivity index is 0.000000160. The number of benzene rings is 6. The molecular formula is C78H72F6N18O18. The van der Waals surface area contributed by atoms with Crippen molar-refractivity contribution >= 4 is 140 Å². The smallest absolute Gasteiger partial charge is 0.255 e. The molecule has 2 unspecified atom stereocenters. The molecule has 18 rings (SSSR count). The maximum Gasteiger partial charge on any atom is 0.255 e. The van der Waals surface area contributed by atoms with Gasteiger partial charge in [0.25, 0.3) is 35.4 Å². The summed E-state index contributed by atoms with van der Waals surface area (Å²) in [6.07, 6.45) is -24.3. The van der Waals surface area contributed by atoms with E-state index in [4.69, 9.17) is 92.0 Å². The number of nitrogen functional groups attached to an aromatic ring is 6. The van der Waals surface area contributed by atoms with Crippen molar-refractivity contribution in [1.82, 2.24) is 61.3 Å². The summed E-state index contributed by atoms with van der Waals surface area (Å²) >= 11 is 0. The first-order valence-electron chi connectivity index (χ1n) is 53.9. The lowest BCUT2D eigenvalue weighted by atomic mass is 10.0. The standard InChI is InChI=1S/6C13H12FN3O3/c6*14-6-3-7-8(9(15)4-6)5-17(13(7)20)10-1-2-11(18)16-12(10)19/h6*3-4,10H,1-2,5,15H2,(H,16,18,19)/t4*10-;;/m1100../s1/i1D2,2D2,3D,4D,5D2,10D;3D,4D,5D2,10D;1D2,2D2,3D,4D,5D2,10D;3D,4D,5D2,10D;1D2,2D2,3D,4D,5D2,10D;3D,4D,5D2,10D. The molecule has 0 bridgehead atoms. The van der Waals surface area contributed by atoms with Crippen LogP contribution >= 0.6 is 0 Å². The number of anilines is 6. The van der Waals surface area contributed by atoms with Crippen LogP contribution in [-0.2, 0) is 96.5 Å². The third-order valence-electron chi connectivity index (χ3n) is 16.8. The van der Waals surface area contributed by atoms with Gasteiger partial charge in [0.2, 0.25) is 70.9 Å². The van der Waals surface area contributed by atoms with Crippen molar-refractivity contribution in [2.24, 2.45) is 0 Å². The molecule has 6 fully saturated rings. The zero-order valence-corrected chi connectivity index (χ0v) is 59.0. The van der Waals surface area contributed by atoms with Crippen molar-refractivity contribution in [1.29, 1.82) is 0 Å². The highest BCUT2D eigenvalue weighted by Gasteiger charge is 2.47. The number of nitrogens with zero attached hydrogens (tertiary/aromatic N) is 6. The average molecular weight is 1710 g/mol. The number of carbonyl (C=O) groups is 18. The van der Waals surface area contributed by atoms with Gasteiger partial charge in [-0.1, -0.05) is 0 Å². The minimum absolute atomic E-state index is 0.250. The lowest BCUT2D eigenvalue weighted by molar-refractivity contribution is -0.138. The van der Waals surface area contributed by atoms with E-state index in [0.717, 1.165) is 0 Å². The number of halogens is 6. The number of hydrogen-bond donors (Lipinski definition) is 12. The van der Waals surface area contributed by atoms with Gasteiger partial charge >= 0.3 is 0 Å². The van der Waals surface area contributed by atoms with Gasteiger partial charge in [0.15, 0.2) is 0 Å². The fraction of sp³-hybridized carbons (Fsp3) is 0.308. The molecule has 6 atom stereocenters. The number of amides is 18. The first-order valence-corrected chi connectivity index (χ1v) is 32.9. The Labute approximate surface area is 732 Å². The first kappa shape index (κ1) is 45.2. The Bertz CT molecular complexity index is 7240. The van der Waals surface area contributed by atoms with Gasteiger partial charge in [-0.2, -0.15) is 0 Å². The van der Waals surface area contributed by atoms with Crippen molar-refractivity contribution in [2.75, 3.05) is 34.4 Å². The fourth-order valence-corrected chi connectivity index (χ4v) is 11.5. The van der Waals surface area contributed by atoms with Crippen LogP contribution < -0.4 is 66.3 Å². The molecule has 0 radical (unpaired) electrons. The molecule has 18 amide bonds. The Hall–Kier alpha value is -14.6. The van der Waals surface area contributed by atoms with E-state index in [-0.39, 0.29) is 48.7 Å². The second-order valence-corrected chi connectivity index (χ2v) is 24.5. The number of fused-ring (bicyclic) bond motifs is 6. The number of rotatable bonds is 6. The number of nitrogens with two attached hydrogens (primary N) is 6. The Kier molecular flexibility index (Phi) is 12.5. The van der Waals surface area contributed by atoms with Crippen LogP contribution in [0.3, 0.4) is 0 Å². The molecular weight excluding hydrogens is 1590 g/mol. The maximum absolute atomic E-state index is 14.1. The molecule has 0 aromatic heterocycles. The summed E-state index contributed by atoms with van der Waals surface area (Å²) in [7, 11) is 0. The molecule has 0 saturated carbocycles. The van der Waals surface area contributed by atoms with E-state index in [1.165, 1.54) is 16.0 Å². The van der Waals surface area contributed by atoms with Crippen molar-refractivity contribution in [2.45, 2.75) is 152 Å². The van der Waals surface area contributed by atoms with E-state index in [1.807, 2.05) is 16.0 Å². The summed E-state index contributed by atoms with van der Waals surface area (Å²) in [5.74, 6) is -34.2. The molecule has 6 aromatic rings. The fourth-order valence-electron chi connectivity index (χ4n) is 11.5. The molecule has 6 aromatic carbocycles. The number of carbonyl (C=O) groups excluding carboxylic acids is 18. The van der Waals surface area contributed by atoms with Crippen molar-refractivity contribution in [3.63, 3.8) is 0 Å². The van der Waals surface area contributed by atoms with E-state index in [2.05, 4.69) is 0 Å². The quantitative estimate of drug-likeness (QED) is 0.0629. The summed E-state index contributed by atoms with van der Waals surface area (Å²) in [4.78, 5) is 219. The van der Waals surface area contributed by atoms with Crippen LogP contribution in [0.1, 0.15) is 230 Å². The van der Waals surface area contributed by atoms with Crippen LogP contribution in [-0.4, -0.2) is 172 Å². The molecule has 0 spiro atoms. The van der Waals surface area contributed by atoms with E-state index in [1.54, 1.807) is 0 Å². The van der Waals surface area contributed by atoms with Gasteiger partial charge in [-0.25, -0.2) is 26.3 Å². The van der Waals surface area contributed by atoms with Crippen LogP contribution in [0.15, 0.2) is 72.5 Å². The Morgan fingerprint density at radius 1 is 0.267 bits per heavy atom. The number of piperidine rings is 6. The third kappa shape index (κ3) is 16.6. The minimum atomic E-state index is -3.77. The first-order chi connectivity index (χ1) is 73.2. The highest BCUT2D eigenvalue weighted by atomic mass is 19.1. The third-order valence-corrected chi connectivity index (χ3v) is 16.8. The molecule has 12 heterocycles. The normalized spacial score (nSPS) is 35.8. The van der Waals surface area contributed by atoms with Crippen LogP contribution in [0.25, 0.3) is 0 Å². The molecule has 624 valence electrons. The second kappa shape index (κ2) is 33.2. The van der Waals surface area contributed by atoms with Crippen molar-refractivity contribution in [3.8, 4) is 0 Å². The van der Waals surface area contributed by atoms with Gasteiger partial charge in [0, 0.05) is 195 Å². The molecule has 0 aliphatic carbocycles. The highest BCUT2D eigenvalue weighted by Crippen LogP contribution is 2.39. The molecule has 18 N–H and O–H groups in total. The average Bonchev–Trinajstić information content (AvgIpc) is 1.50. The molecule has 6 saturated heterocycles. The summed E-state index contributed by atoms with van der Waals surface area (Å²) in [6.45, 7) is -18.5. The SMILES string of the molecule is [2H]c1c(N)c2c(c([2H])c1F)C(=O)N(C1([2H])C(=O)NC(=O)C([2H])([2H])C1([2H])[2H])C2([2H])[2H].[2H]c1c(N)c2c(c([2H])c1F)C(=O)N(C1([2H])CCC(=O)NC1=O)C2([2H])[2H].[2H]c1c(N)c2c(c([2H])c1F)C(=O)N([C@@]1([2H])C(=O)NC(=O)C([2H])([2H])C1([2H])[2H])C2([2H])[2H].[2H]c1c(N)c2c(c([2H])c1F)C(=O)N([C@@]1([2H])CCC(=O)NC1=O)C2([2H])[2H].[2H]c1c(N)c2c(c([2H])c1F)C(=O)N([C@]1([2H])C(=O)NC(=O)C([2H])([2H])C1([2H])[2H])C2([2H])[2H].[2H]c1c(N)c2c(c([2H])c1F)C(=O)N([C@]1([2H])CCC(=O)NC1=O)C2([2H])[2H]. The summed E-state index contributed by atoms with van der Waals surface area (Å²) in [5, 5.41) is 9.80. The van der Waals surface area contributed by atoms with Gasteiger partial charge in [0.05, 0.1) is 41.1 Å². The van der Waals surface area contributed by atoms with Crippen LogP contribution in [0, 0.1) is 34.9 Å². The summed E-state index contributed by atoms with van der Waals surface area (Å²) in [5.41, 5.74) is 18.7. The zero-order valence-electron chi connectivity index (χ0n) is 101. The topological polar surface area (TPSA) is 555 Å².